The lowest BCUT2D eigenvalue weighted by molar-refractivity contribution is 1.18. The first kappa shape index (κ1) is 25.2. The maximum absolute atomic E-state index is 2.45. The second-order valence-electron chi connectivity index (χ2n) is 12.2. The molecule has 0 aliphatic carbocycles. The second kappa shape index (κ2) is 9.69. The highest BCUT2D eigenvalue weighted by molar-refractivity contribution is 6.33. The molecule has 0 saturated carbocycles. The Kier molecular flexibility index (Phi) is 5.31. The van der Waals surface area contributed by atoms with Crippen molar-refractivity contribution >= 4 is 82.0 Å². The van der Waals surface area contributed by atoms with Gasteiger partial charge in [-0.25, -0.2) is 0 Å². The molecule has 10 rings (SSSR count). The highest BCUT2D eigenvalue weighted by Gasteiger charge is 2.21. The average molecular weight is 585 g/mol. The number of rotatable bonds is 4. The van der Waals surface area contributed by atoms with Gasteiger partial charge in [0, 0.05) is 33.5 Å². The Hall–Kier alpha value is -6.12. The van der Waals surface area contributed by atoms with Crippen LogP contribution in [0.25, 0.3) is 70.6 Å². The topological polar surface area (TPSA) is 8.17 Å². The zero-order valence-electron chi connectivity index (χ0n) is 25.1. The van der Waals surface area contributed by atoms with Crippen LogP contribution in [0.3, 0.4) is 0 Å². The monoisotopic (exact) mass is 584 g/mol. The predicted molar refractivity (Wildman–Crippen MR) is 197 cm³/mol. The Balaban J connectivity index is 1.31. The van der Waals surface area contributed by atoms with Crippen molar-refractivity contribution in [1.82, 2.24) is 4.57 Å². The van der Waals surface area contributed by atoms with Gasteiger partial charge in [0.25, 0.3) is 0 Å². The van der Waals surface area contributed by atoms with Crippen molar-refractivity contribution in [3.63, 3.8) is 0 Å². The molecule has 0 atom stereocenters. The van der Waals surface area contributed by atoms with Crippen molar-refractivity contribution in [2.45, 2.75) is 0 Å². The van der Waals surface area contributed by atoms with E-state index >= 15 is 0 Å². The number of hydrogen-bond acceptors (Lipinski definition) is 1. The van der Waals surface area contributed by atoms with Crippen molar-refractivity contribution in [2.24, 2.45) is 0 Å². The summed E-state index contributed by atoms with van der Waals surface area (Å²) in [6.07, 6.45) is 0. The van der Waals surface area contributed by atoms with E-state index in [2.05, 4.69) is 179 Å². The van der Waals surface area contributed by atoms with Gasteiger partial charge in [-0.3, -0.25) is 0 Å². The molecule has 0 bridgehead atoms. The van der Waals surface area contributed by atoms with Gasteiger partial charge in [-0.15, -0.1) is 0 Å². The molecule has 2 heteroatoms. The molecule has 0 fully saturated rings. The molecule has 1 heterocycles. The maximum Gasteiger partial charge on any atom is 0.0562 e. The molecule has 0 amide bonds. The number of hydrogen-bond donors (Lipinski definition) is 0. The zero-order chi connectivity index (χ0) is 30.2. The van der Waals surface area contributed by atoms with E-state index in [-0.39, 0.29) is 0 Å². The number of benzene rings is 9. The molecular weight excluding hydrogens is 556 g/mol. The number of fused-ring (bicyclic) bond motifs is 5. The lowest BCUT2D eigenvalue weighted by atomic mass is 9.92. The zero-order valence-corrected chi connectivity index (χ0v) is 25.1. The highest BCUT2D eigenvalue weighted by atomic mass is 15.1. The third-order valence-corrected chi connectivity index (χ3v) is 9.64. The summed E-state index contributed by atoms with van der Waals surface area (Å²) in [4.78, 5) is 2.37. The van der Waals surface area contributed by atoms with Gasteiger partial charge in [0.15, 0.2) is 0 Å². The first-order valence-electron chi connectivity index (χ1n) is 15.9. The maximum atomic E-state index is 2.45. The van der Waals surface area contributed by atoms with Crippen LogP contribution in [0.1, 0.15) is 0 Å². The summed E-state index contributed by atoms with van der Waals surface area (Å²) in [5.41, 5.74) is 6.95. The SMILES string of the molecule is c1ccc(N(c2ccc3ccccc3c2)c2ccc3c4c5ccc6cccc7ccc(cc4n(-c4ccccc4)c3c2)c5c76)cc1. The molecule has 1 aromatic heterocycles. The average Bonchev–Trinajstić information content (AvgIpc) is 3.45. The minimum absolute atomic E-state index is 1.12. The van der Waals surface area contributed by atoms with Crippen molar-refractivity contribution < 1.29 is 0 Å². The molecule has 0 N–H and O–H groups in total. The number of aromatic nitrogens is 1. The van der Waals surface area contributed by atoms with E-state index in [0.29, 0.717) is 0 Å². The van der Waals surface area contributed by atoms with Crippen LogP contribution < -0.4 is 4.90 Å². The van der Waals surface area contributed by atoms with Gasteiger partial charge in [-0.2, -0.15) is 0 Å². The third kappa shape index (κ3) is 3.65. The summed E-state index contributed by atoms with van der Waals surface area (Å²) in [5.74, 6) is 0. The normalized spacial score (nSPS) is 11.9. The minimum Gasteiger partial charge on any atom is -0.310 e. The molecule has 0 spiro atoms. The molecule has 214 valence electrons. The van der Waals surface area contributed by atoms with E-state index in [1.165, 1.54) is 64.9 Å². The molecule has 0 unspecified atom stereocenters. The Bertz CT molecular complexity index is 2720. The molecule has 0 radical (unpaired) electrons. The van der Waals surface area contributed by atoms with E-state index in [1.54, 1.807) is 0 Å². The number of para-hydroxylation sites is 2. The van der Waals surface area contributed by atoms with E-state index in [4.69, 9.17) is 0 Å². The van der Waals surface area contributed by atoms with Crippen molar-refractivity contribution in [3.8, 4) is 5.69 Å². The fourth-order valence-electron chi connectivity index (χ4n) is 7.64. The quantitative estimate of drug-likeness (QED) is 0.187. The van der Waals surface area contributed by atoms with E-state index in [0.717, 1.165) is 22.7 Å². The van der Waals surface area contributed by atoms with Gasteiger partial charge >= 0.3 is 0 Å². The van der Waals surface area contributed by atoms with Crippen LogP contribution in [0.2, 0.25) is 0 Å². The fourth-order valence-corrected chi connectivity index (χ4v) is 7.64. The summed E-state index contributed by atoms with van der Waals surface area (Å²) in [5, 5.41) is 12.9. The molecule has 0 aliphatic heterocycles. The van der Waals surface area contributed by atoms with Crippen molar-refractivity contribution in [3.05, 3.63) is 170 Å². The highest BCUT2D eigenvalue weighted by Crippen LogP contribution is 2.45. The minimum atomic E-state index is 1.12. The summed E-state index contributed by atoms with van der Waals surface area (Å²) in [6, 6.07) is 62.0. The molecule has 0 aliphatic rings. The van der Waals surface area contributed by atoms with Crippen molar-refractivity contribution in [2.75, 3.05) is 4.90 Å². The summed E-state index contributed by atoms with van der Waals surface area (Å²) >= 11 is 0. The number of anilines is 3. The second-order valence-corrected chi connectivity index (χ2v) is 12.2. The smallest absolute Gasteiger partial charge is 0.0562 e. The van der Waals surface area contributed by atoms with Gasteiger partial charge in [-0.1, -0.05) is 115 Å². The predicted octanol–water partition coefficient (Wildman–Crippen LogP) is 12.3. The first-order chi connectivity index (χ1) is 22.8. The van der Waals surface area contributed by atoms with Crippen LogP contribution in [-0.2, 0) is 0 Å². The molecule has 9 aromatic carbocycles. The number of nitrogens with zero attached hydrogens (tertiary/aromatic N) is 2. The fraction of sp³-hybridized carbons (Fsp3) is 0. The molecule has 2 nitrogen and oxygen atoms in total. The van der Waals surface area contributed by atoms with Crippen LogP contribution in [0.5, 0.6) is 0 Å². The van der Waals surface area contributed by atoms with Crippen LogP contribution in [0.4, 0.5) is 17.1 Å². The van der Waals surface area contributed by atoms with Gasteiger partial charge in [0.1, 0.15) is 0 Å². The van der Waals surface area contributed by atoms with E-state index in [9.17, 15) is 0 Å². The van der Waals surface area contributed by atoms with Gasteiger partial charge < -0.3 is 9.47 Å². The Labute approximate surface area is 266 Å². The molecule has 0 saturated heterocycles. The van der Waals surface area contributed by atoms with Gasteiger partial charge in [-0.05, 0) is 97.7 Å². The largest absolute Gasteiger partial charge is 0.310 e. The third-order valence-electron chi connectivity index (χ3n) is 9.64. The van der Waals surface area contributed by atoms with Crippen LogP contribution in [0.15, 0.2) is 170 Å². The van der Waals surface area contributed by atoms with E-state index in [1.807, 2.05) is 0 Å². The lowest BCUT2D eigenvalue weighted by Gasteiger charge is -2.26. The first-order valence-corrected chi connectivity index (χ1v) is 15.9. The molecular formula is C44H28N2. The van der Waals surface area contributed by atoms with E-state index < -0.39 is 0 Å². The van der Waals surface area contributed by atoms with Crippen molar-refractivity contribution in [1.29, 1.82) is 0 Å². The Morgan fingerprint density at radius 2 is 0.935 bits per heavy atom. The standard InChI is InChI=1S/C44H28N2/c1-3-14-34(15-4-1)45(36-22-20-29-10-7-8-11-32(29)26-36)37-23-25-38-40(28-37)46(35-16-5-2-6-17-35)41-27-33-19-18-30-12-9-13-31-21-24-39(44(38)41)43(33)42(30)31/h1-28H. The summed E-state index contributed by atoms with van der Waals surface area (Å²) < 4.78 is 2.45. The van der Waals surface area contributed by atoms with Gasteiger partial charge in [0.2, 0.25) is 0 Å². The molecule has 46 heavy (non-hydrogen) atoms. The van der Waals surface area contributed by atoms with Crippen LogP contribution in [0, 0.1) is 0 Å². The van der Waals surface area contributed by atoms with Crippen LogP contribution >= 0.6 is 0 Å². The lowest BCUT2D eigenvalue weighted by Crippen LogP contribution is -2.10. The van der Waals surface area contributed by atoms with Gasteiger partial charge in [0.05, 0.1) is 11.0 Å². The molecule has 10 aromatic rings. The summed E-state index contributed by atoms with van der Waals surface area (Å²) in [7, 11) is 0. The summed E-state index contributed by atoms with van der Waals surface area (Å²) in [6.45, 7) is 0. The van der Waals surface area contributed by atoms with Crippen LogP contribution in [-0.4, -0.2) is 4.57 Å². The Morgan fingerprint density at radius 3 is 1.76 bits per heavy atom. The Morgan fingerprint density at radius 1 is 0.326 bits per heavy atom.